The summed E-state index contributed by atoms with van der Waals surface area (Å²) in [6.45, 7) is 1.32. The van der Waals surface area contributed by atoms with Gasteiger partial charge in [-0.2, -0.15) is 0 Å². The molecule has 1 N–H and O–H groups in total. The first-order valence-corrected chi connectivity index (χ1v) is 7.77. The molecule has 1 saturated heterocycles. The summed E-state index contributed by atoms with van der Waals surface area (Å²) in [7, 11) is 0. The van der Waals surface area contributed by atoms with Gasteiger partial charge in [0.1, 0.15) is 11.9 Å². The van der Waals surface area contributed by atoms with Gasteiger partial charge in [0.15, 0.2) is 0 Å². The fourth-order valence-electron chi connectivity index (χ4n) is 2.87. The zero-order valence-corrected chi connectivity index (χ0v) is 12.5. The predicted molar refractivity (Wildman–Crippen MR) is 79.0 cm³/mol. The van der Waals surface area contributed by atoms with Gasteiger partial charge in [0, 0.05) is 6.42 Å². The SMILES string of the molecule is O=C(O)CC(c1ccc(OC2CCOC2)c(Cl)c1)C1CC1. The number of halogens is 1. The minimum absolute atomic E-state index is 0.0591. The van der Waals surface area contributed by atoms with Crippen LogP contribution in [0.15, 0.2) is 18.2 Å². The molecule has 0 spiro atoms. The Morgan fingerprint density at radius 3 is 2.81 bits per heavy atom. The van der Waals surface area contributed by atoms with Crippen LogP contribution in [-0.4, -0.2) is 30.4 Å². The second kappa shape index (κ2) is 6.24. The molecule has 2 fully saturated rings. The molecule has 21 heavy (non-hydrogen) atoms. The molecule has 1 aromatic carbocycles. The average molecular weight is 311 g/mol. The van der Waals surface area contributed by atoms with E-state index in [9.17, 15) is 4.79 Å². The third-order valence-electron chi connectivity index (χ3n) is 4.15. The Hall–Kier alpha value is -1.26. The summed E-state index contributed by atoms with van der Waals surface area (Å²) in [4.78, 5) is 11.0. The van der Waals surface area contributed by atoms with E-state index < -0.39 is 5.97 Å². The van der Waals surface area contributed by atoms with E-state index in [1.807, 2.05) is 18.2 Å². The topological polar surface area (TPSA) is 55.8 Å². The van der Waals surface area contributed by atoms with Crippen molar-refractivity contribution in [1.29, 1.82) is 0 Å². The Kier molecular flexibility index (Phi) is 4.36. The lowest BCUT2D eigenvalue weighted by molar-refractivity contribution is -0.137. The number of ether oxygens (including phenoxy) is 2. The van der Waals surface area contributed by atoms with Crippen LogP contribution < -0.4 is 4.74 Å². The van der Waals surface area contributed by atoms with Gasteiger partial charge in [0.25, 0.3) is 0 Å². The summed E-state index contributed by atoms with van der Waals surface area (Å²) < 4.78 is 11.1. The Bertz CT molecular complexity index is 521. The maximum atomic E-state index is 11.0. The molecule has 5 heteroatoms. The molecule has 1 aliphatic carbocycles. The van der Waals surface area contributed by atoms with Crippen molar-refractivity contribution in [3.63, 3.8) is 0 Å². The maximum Gasteiger partial charge on any atom is 0.303 e. The van der Waals surface area contributed by atoms with Crippen molar-refractivity contribution < 1.29 is 19.4 Å². The van der Waals surface area contributed by atoms with Crippen molar-refractivity contribution in [3.8, 4) is 5.75 Å². The third-order valence-corrected chi connectivity index (χ3v) is 4.45. The molecule has 0 amide bonds. The fourth-order valence-corrected chi connectivity index (χ4v) is 3.11. The number of aliphatic carboxylic acids is 1. The van der Waals surface area contributed by atoms with Crippen LogP contribution in [0.5, 0.6) is 5.75 Å². The standard InChI is InChI=1S/C16H19ClO4/c17-14-7-11(13(8-16(18)19)10-1-2-10)3-4-15(14)21-12-5-6-20-9-12/h3-4,7,10,12-13H,1-2,5-6,8-9H2,(H,18,19). The number of hydrogen-bond donors (Lipinski definition) is 1. The number of rotatable bonds is 6. The molecule has 1 heterocycles. The third kappa shape index (κ3) is 3.69. The minimum atomic E-state index is -0.758. The lowest BCUT2D eigenvalue weighted by atomic mass is 9.91. The fraction of sp³-hybridized carbons (Fsp3) is 0.562. The molecule has 0 aromatic heterocycles. The molecule has 0 radical (unpaired) electrons. The van der Waals surface area contributed by atoms with Crippen molar-refractivity contribution in [3.05, 3.63) is 28.8 Å². The van der Waals surface area contributed by atoms with E-state index >= 15 is 0 Å². The van der Waals surface area contributed by atoms with Crippen LogP contribution in [0.1, 0.15) is 37.2 Å². The largest absolute Gasteiger partial charge is 0.486 e. The molecular weight excluding hydrogens is 292 g/mol. The summed E-state index contributed by atoms with van der Waals surface area (Å²) in [5, 5.41) is 9.62. The van der Waals surface area contributed by atoms with Gasteiger partial charge in [0.05, 0.1) is 24.7 Å². The molecule has 0 bridgehead atoms. The molecule has 2 aliphatic rings. The van der Waals surface area contributed by atoms with Gasteiger partial charge < -0.3 is 14.6 Å². The summed E-state index contributed by atoms with van der Waals surface area (Å²) in [6.07, 6.45) is 3.31. The van der Waals surface area contributed by atoms with E-state index in [4.69, 9.17) is 26.2 Å². The molecule has 2 unspecified atom stereocenters. The van der Waals surface area contributed by atoms with Gasteiger partial charge in [-0.3, -0.25) is 4.79 Å². The summed E-state index contributed by atoms with van der Waals surface area (Å²) in [5.41, 5.74) is 1.000. The molecule has 4 nitrogen and oxygen atoms in total. The normalized spacial score (nSPS) is 23.0. The highest BCUT2D eigenvalue weighted by Gasteiger charge is 2.34. The Balaban J connectivity index is 1.74. The second-order valence-electron chi connectivity index (χ2n) is 5.84. The van der Waals surface area contributed by atoms with Crippen molar-refractivity contribution in [2.45, 2.75) is 37.7 Å². The van der Waals surface area contributed by atoms with Crippen LogP contribution in [0.25, 0.3) is 0 Å². The first kappa shape index (κ1) is 14.7. The molecule has 1 saturated carbocycles. The second-order valence-corrected chi connectivity index (χ2v) is 6.24. The smallest absolute Gasteiger partial charge is 0.303 e. The van der Waals surface area contributed by atoms with Crippen molar-refractivity contribution in [2.24, 2.45) is 5.92 Å². The van der Waals surface area contributed by atoms with Crippen LogP contribution in [0, 0.1) is 5.92 Å². The number of carbonyl (C=O) groups is 1. The highest BCUT2D eigenvalue weighted by Crippen LogP contribution is 2.45. The van der Waals surface area contributed by atoms with E-state index in [1.54, 1.807) is 0 Å². The van der Waals surface area contributed by atoms with Crippen LogP contribution in [-0.2, 0) is 9.53 Å². The predicted octanol–water partition coefficient (Wildman–Crippen LogP) is 3.48. The van der Waals surface area contributed by atoms with Gasteiger partial charge in [-0.1, -0.05) is 17.7 Å². The summed E-state index contributed by atoms with van der Waals surface area (Å²) in [5.74, 6) is 0.434. The van der Waals surface area contributed by atoms with Gasteiger partial charge >= 0.3 is 5.97 Å². The minimum Gasteiger partial charge on any atom is -0.486 e. The van der Waals surface area contributed by atoms with E-state index in [-0.39, 0.29) is 18.4 Å². The van der Waals surface area contributed by atoms with Gasteiger partial charge in [0.2, 0.25) is 0 Å². The van der Waals surface area contributed by atoms with Crippen molar-refractivity contribution in [2.75, 3.05) is 13.2 Å². The number of carboxylic acids is 1. The van der Waals surface area contributed by atoms with E-state index in [0.717, 1.165) is 31.4 Å². The Morgan fingerprint density at radius 2 is 2.24 bits per heavy atom. The number of benzene rings is 1. The van der Waals surface area contributed by atoms with Gasteiger partial charge in [-0.15, -0.1) is 0 Å². The van der Waals surface area contributed by atoms with Crippen molar-refractivity contribution >= 4 is 17.6 Å². The first-order valence-electron chi connectivity index (χ1n) is 7.39. The van der Waals surface area contributed by atoms with E-state index in [2.05, 4.69) is 0 Å². The highest BCUT2D eigenvalue weighted by molar-refractivity contribution is 6.32. The lowest BCUT2D eigenvalue weighted by Crippen LogP contribution is -2.16. The monoisotopic (exact) mass is 310 g/mol. The molecule has 1 aromatic rings. The van der Waals surface area contributed by atoms with Crippen LogP contribution >= 0.6 is 11.6 Å². The van der Waals surface area contributed by atoms with Crippen LogP contribution in [0.3, 0.4) is 0 Å². The maximum absolute atomic E-state index is 11.0. The lowest BCUT2D eigenvalue weighted by Gasteiger charge is -2.18. The van der Waals surface area contributed by atoms with Crippen molar-refractivity contribution in [1.82, 2.24) is 0 Å². The summed E-state index contributed by atoms with van der Waals surface area (Å²) >= 11 is 6.30. The van der Waals surface area contributed by atoms with Gasteiger partial charge in [-0.05, 0) is 42.4 Å². The highest BCUT2D eigenvalue weighted by atomic mass is 35.5. The number of hydrogen-bond acceptors (Lipinski definition) is 3. The molecule has 114 valence electrons. The van der Waals surface area contributed by atoms with Crippen LogP contribution in [0.4, 0.5) is 0 Å². The molecular formula is C16H19ClO4. The van der Waals surface area contributed by atoms with E-state index in [1.165, 1.54) is 0 Å². The zero-order valence-electron chi connectivity index (χ0n) is 11.8. The Labute approximate surface area is 129 Å². The Morgan fingerprint density at radius 1 is 1.43 bits per heavy atom. The molecule has 1 aliphatic heterocycles. The number of carboxylic acid groups (broad SMARTS) is 1. The first-order chi connectivity index (χ1) is 10.1. The quantitative estimate of drug-likeness (QED) is 0.874. The van der Waals surface area contributed by atoms with Crippen LogP contribution in [0.2, 0.25) is 5.02 Å². The molecule has 3 rings (SSSR count). The van der Waals surface area contributed by atoms with E-state index in [0.29, 0.717) is 23.3 Å². The average Bonchev–Trinajstić information content (AvgIpc) is 3.16. The molecule has 2 atom stereocenters. The van der Waals surface area contributed by atoms with Gasteiger partial charge in [-0.25, -0.2) is 0 Å². The summed E-state index contributed by atoms with van der Waals surface area (Å²) in [6, 6.07) is 5.66. The zero-order chi connectivity index (χ0) is 14.8.